The minimum Gasteiger partial charge on any atom is -0.493 e. The molecule has 0 radical (unpaired) electrons. The average molecular weight is 404 g/mol. The second-order valence-electron chi connectivity index (χ2n) is 7.42. The van der Waals surface area contributed by atoms with Crippen LogP contribution in [0.3, 0.4) is 0 Å². The Bertz CT molecular complexity index is 1290. The highest BCUT2D eigenvalue weighted by Gasteiger charge is 2.31. The molecule has 1 aromatic carbocycles. The maximum atomic E-state index is 14.7. The number of benzene rings is 1. The van der Waals surface area contributed by atoms with Gasteiger partial charge in [0.05, 0.1) is 19.1 Å². The van der Waals surface area contributed by atoms with Gasteiger partial charge in [-0.25, -0.2) is 14.4 Å². The Morgan fingerprint density at radius 2 is 1.93 bits per heavy atom. The van der Waals surface area contributed by atoms with E-state index in [9.17, 15) is 4.39 Å². The van der Waals surface area contributed by atoms with Gasteiger partial charge in [0, 0.05) is 41.2 Å². The number of nitrogens with one attached hydrogen (secondary N) is 1. The zero-order valence-electron chi connectivity index (χ0n) is 16.1. The highest BCUT2D eigenvalue weighted by molar-refractivity contribution is 5.81. The van der Waals surface area contributed by atoms with Crippen molar-refractivity contribution in [2.75, 3.05) is 18.5 Å². The molecule has 3 aromatic heterocycles. The van der Waals surface area contributed by atoms with Crippen molar-refractivity contribution >= 4 is 11.5 Å². The number of aryl methyl sites for hydroxylation is 1. The lowest BCUT2D eigenvalue weighted by Gasteiger charge is -2.16. The lowest BCUT2D eigenvalue weighted by atomic mass is 9.96. The summed E-state index contributed by atoms with van der Waals surface area (Å²) in [6.07, 6.45) is 5.12. The predicted molar refractivity (Wildman–Crippen MR) is 106 cm³/mol. The zero-order chi connectivity index (χ0) is 20.2. The normalized spacial score (nSPS) is 17.1. The van der Waals surface area contributed by atoms with Gasteiger partial charge in [-0.05, 0) is 25.1 Å². The Balaban J connectivity index is 1.51. The van der Waals surface area contributed by atoms with Crippen LogP contribution >= 0.6 is 0 Å². The predicted octanol–water partition coefficient (Wildman–Crippen LogP) is 3.11. The first-order chi connectivity index (χ1) is 14.7. The molecule has 0 bridgehead atoms. The number of hydrogen-bond acceptors (Lipinski definition) is 7. The molecule has 5 heterocycles. The van der Waals surface area contributed by atoms with E-state index in [0.717, 1.165) is 22.4 Å². The van der Waals surface area contributed by atoms with Crippen molar-refractivity contribution in [1.82, 2.24) is 24.6 Å². The maximum Gasteiger partial charge on any atom is 0.170 e. The molecule has 150 valence electrons. The van der Waals surface area contributed by atoms with E-state index in [1.54, 1.807) is 24.8 Å². The Morgan fingerprint density at radius 1 is 1.13 bits per heavy atom. The van der Waals surface area contributed by atoms with Crippen molar-refractivity contribution in [2.45, 2.75) is 19.4 Å². The topological polar surface area (TPSA) is 86.5 Å². The summed E-state index contributed by atoms with van der Waals surface area (Å²) in [4.78, 5) is 8.59. The molecule has 0 saturated carbocycles. The number of fused-ring (bicyclic) bond motifs is 3. The summed E-state index contributed by atoms with van der Waals surface area (Å²) in [7, 11) is 0. The van der Waals surface area contributed by atoms with E-state index >= 15 is 0 Å². The summed E-state index contributed by atoms with van der Waals surface area (Å²) in [6.45, 7) is 2.97. The van der Waals surface area contributed by atoms with Crippen LogP contribution in [0.1, 0.15) is 22.9 Å². The van der Waals surface area contributed by atoms with E-state index in [4.69, 9.17) is 9.47 Å². The fourth-order valence-electron chi connectivity index (χ4n) is 4.13. The first kappa shape index (κ1) is 17.1. The summed E-state index contributed by atoms with van der Waals surface area (Å²) in [5.41, 5.74) is 3.73. The fraction of sp³-hybridized carbons (Fsp3) is 0.238. The molecule has 4 aromatic rings. The molecular formula is C21H17FN6O2. The van der Waals surface area contributed by atoms with E-state index in [1.165, 1.54) is 6.07 Å². The van der Waals surface area contributed by atoms with Gasteiger partial charge in [-0.1, -0.05) is 0 Å². The summed E-state index contributed by atoms with van der Waals surface area (Å²) < 4.78 is 28.5. The Labute approximate surface area is 170 Å². The minimum atomic E-state index is -0.256. The molecule has 30 heavy (non-hydrogen) atoms. The molecule has 2 aliphatic heterocycles. The van der Waals surface area contributed by atoms with E-state index in [-0.39, 0.29) is 11.7 Å². The monoisotopic (exact) mass is 404 g/mol. The molecule has 0 saturated heterocycles. The Morgan fingerprint density at radius 3 is 2.77 bits per heavy atom. The second kappa shape index (κ2) is 6.38. The number of rotatable bonds is 1. The third kappa shape index (κ3) is 2.51. The van der Waals surface area contributed by atoms with Crippen LogP contribution in [0.15, 0.2) is 36.9 Å². The zero-order valence-corrected chi connectivity index (χ0v) is 16.1. The van der Waals surface area contributed by atoms with E-state index < -0.39 is 0 Å². The maximum absolute atomic E-state index is 14.7. The average Bonchev–Trinajstić information content (AvgIpc) is 3.40. The molecule has 8 nitrogen and oxygen atoms in total. The standard InChI is InChI=1S/C21H17FN6O2/c1-11-23-5-12(6-24-11)14-4-18-21(28-10-26-27-20(14)28)25-7-15-16(22)2-3-17-19(15)13(8-29-17)9-30-18/h2-6,10,13,25H,7-9H2,1H3/t13-/m1/s1. The SMILES string of the molecule is Cc1ncc(-c2cc3c(n4cnnc24)NCc2c(F)ccc4c2[C@H](CO4)CO3)cn1. The highest BCUT2D eigenvalue weighted by atomic mass is 19.1. The van der Waals surface area contributed by atoms with Gasteiger partial charge >= 0.3 is 0 Å². The van der Waals surface area contributed by atoms with E-state index in [0.29, 0.717) is 48.4 Å². The van der Waals surface area contributed by atoms with Crippen molar-refractivity contribution in [3.05, 3.63) is 59.7 Å². The van der Waals surface area contributed by atoms with Crippen molar-refractivity contribution in [3.63, 3.8) is 0 Å². The number of halogens is 1. The summed E-state index contributed by atoms with van der Waals surface area (Å²) in [5.74, 6) is 2.41. The van der Waals surface area contributed by atoms with Crippen molar-refractivity contribution in [1.29, 1.82) is 0 Å². The van der Waals surface area contributed by atoms with Crippen LogP contribution in [0.2, 0.25) is 0 Å². The molecule has 9 heteroatoms. The second-order valence-corrected chi connectivity index (χ2v) is 7.42. The lowest BCUT2D eigenvalue weighted by Crippen LogP contribution is -2.13. The van der Waals surface area contributed by atoms with Crippen molar-refractivity contribution in [3.8, 4) is 22.6 Å². The number of ether oxygens (including phenoxy) is 2. The number of aromatic nitrogens is 5. The molecule has 6 rings (SSSR count). The van der Waals surface area contributed by atoms with Gasteiger partial charge in [-0.2, -0.15) is 0 Å². The molecule has 1 N–H and O–H groups in total. The fourth-order valence-corrected chi connectivity index (χ4v) is 4.13. The summed E-state index contributed by atoms with van der Waals surface area (Å²) in [6, 6.07) is 5.04. The first-order valence-electron chi connectivity index (χ1n) is 9.65. The molecule has 0 aliphatic carbocycles. The number of anilines is 1. The van der Waals surface area contributed by atoms with Crippen LogP contribution in [0.5, 0.6) is 11.5 Å². The van der Waals surface area contributed by atoms with E-state index in [2.05, 4.69) is 25.5 Å². The largest absolute Gasteiger partial charge is 0.493 e. The van der Waals surface area contributed by atoms with Gasteiger partial charge in [0.25, 0.3) is 0 Å². The molecule has 0 spiro atoms. The highest BCUT2D eigenvalue weighted by Crippen LogP contribution is 2.41. The van der Waals surface area contributed by atoms with Gasteiger partial charge in [-0.15, -0.1) is 10.2 Å². The molecular weight excluding hydrogens is 387 g/mol. The van der Waals surface area contributed by atoms with Gasteiger partial charge in [-0.3, -0.25) is 4.40 Å². The number of pyridine rings is 1. The van der Waals surface area contributed by atoms with Gasteiger partial charge in [0.15, 0.2) is 17.2 Å². The smallest absolute Gasteiger partial charge is 0.170 e. The van der Waals surface area contributed by atoms with Crippen LogP contribution in [0.4, 0.5) is 10.2 Å². The van der Waals surface area contributed by atoms with Gasteiger partial charge in [0.1, 0.15) is 23.7 Å². The van der Waals surface area contributed by atoms with Crippen molar-refractivity contribution in [2.24, 2.45) is 0 Å². The Hall–Kier alpha value is -3.75. The van der Waals surface area contributed by atoms with Crippen LogP contribution < -0.4 is 14.8 Å². The van der Waals surface area contributed by atoms with Crippen LogP contribution in [-0.2, 0) is 6.54 Å². The third-order valence-electron chi connectivity index (χ3n) is 5.61. The summed E-state index contributed by atoms with van der Waals surface area (Å²) in [5, 5.41) is 11.7. The molecule has 0 fully saturated rings. The molecule has 0 unspecified atom stereocenters. The first-order valence-corrected chi connectivity index (χ1v) is 9.65. The van der Waals surface area contributed by atoms with Gasteiger partial charge < -0.3 is 14.8 Å². The third-order valence-corrected chi connectivity index (χ3v) is 5.61. The van der Waals surface area contributed by atoms with Gasteiger partial charge in [0.2, 0.25) is 0 Å². The lowest BCUT2D eigenvalue weighted by molar-refractivity contribution is 0.249. The van der Waals surface area contributed by atoms with Crippen LogP contribution in [0.25, 0.3) is 16.8 Å². The number of nitrogens with zero attached hydrogens (tertiary/aromatic N) is 5. The molecule has 1 atom stereocenters. The Kier molecular flexibility index (Phi) is 3.64. The van der Waals surface area contributed by atoms with Crippen molar-refractivity contribution < 1.29 is 13.9 Å². The van der Waals surface area contributed by atoms with E-state index in [1.807, 2.05) is 17.4 Å². The minimum absolute atomic E-state index is 0.0405. The quantitative estimate of drug-likeness (QED) is 0.522. The molecule has 0 amide bonds. The van der Waals surface area contributed by atoms with Crippen LogP contribution in [-0.4, -0.2) is 37.8 Å². The van der Waals surface area contributed by atoms with Crippen LogP contribution in [0, 0.1) is 12.7 Å². The number of hydrogen-bond donors (Lipinski definition) is 1. The molecule has 2 aliphatic rings. The summed E-state index contributed by atoms with van der Waals surface area (Å²) >= 11 is 0.